The molecule has 1 heterocycles. The number of para-hydroxylation sites is 2. The first-order valence-electron chi connectivity index (χ1n) is 7.76. The molecule has 3 aromatic rings. The summed E-state index contributed by atoms with van der Waals surface area (Å²) in [6.07, 6.45) is 1.34. The summed E-state index contributed by atoms with van der Waals surface area (Å²) in [6, 6.07) is 13.8. The predicted molar refractivity (Wildman–Crippen MR) is 99.4 cm³/mol. The molecular weight excluding hydrogens is 350 g/mol. The van der Waals surface area contributed by atoms with Crippen LogP contribution in [0.1, 0.15) is 16.7 Å². The van der Waals surface area contributed by atoms with Gasteiger partial charge in [0.1, 0.15) is 17.5 Å². The number of rotatable bonds is 4. The first kappa shape index (κ1) is 17.5. The summed E-state index contributed by atoms with van der Waals surface area (Å²) in [5, 5.41) is 13.1. The van der Waals surface area contributed by atoms with Crippen molar-refractivity contribution in [2.75, 3.05) is 10.5 Å². The van der Waals surface area contributed by atoms with E-state index in [1.165, 1.54) is 10.9 Å². The van der Waals surface area contributed by atoms with Gasteiger partial charge in [-0.15, -0.1) is 0 Å². The maximum absolute atomic E-state index is 12.8. The summed E-state index contributed by atoms with van der Waals surface area (Å²) < 4.78 is 29.6. The van der Waals surface area contributed by atoms with Crippen LogP contribution in [0.4, 0.5) is 11.5 Å². The molecule has 1 aromatic heterocycles. The molecule has 0 spiro atoms. The fourth-order valence-electron chi connectivity index (χ4n) is 2.68. The van der Waals surface area contributed by atoms with Crippen LogP contribution in [0.25, 0.3) is 5.69 Å². The second kappa shape index (κ2) is 6.54. The number of nitrogens with one attached hydrogen (secondary N) is 1. The van der Waals surface area contributed by atoms with Gasteiger partial charge in [0.2, 0.25) is 0 Å². The maximum atomic E-state index is 12.8. The quantitative estimate of drug-likeness (QED) is 0.736. The molecule has 0 aliphatic carbocycles. The molecule has 0 aliphatic heterocycles. The van der Waals surface area contributed by atoms with Gasteiger partial charge in [0, 0.05) is 0 Å². The molecule has 26 heavy (non-hydrogen) atoms. The lowest BCUT2D eigenvalue weighted by atomic mass is 10.2. The Labute approximate surface area is 151 Å². The minimum atomic E-state index is -3.80. The van der Waals surface area contributed by atoms with E-state index in [-0.39, 0.29) is 16.3 Å². The zero-order valence-electron chi connectivity index (χ0n) is 14.3. The van der Waals surface area contributed by atoms with Crippen molar-refractivity contribution in [3.05, 3.63) is 65.4 Å². The van der Waals surface area contributed by atoms with Crippen LogP contribution >= 0.6 is 0 Å². The molecule has 0 bridgehead atoms. The minimum absolute atomic E-state index is 0.144. The largest absolute Gasteiger partial charge is 0.382 e. The van der Waals surface area contributed by atoms with Crippen LogP contribution in [-0.4, -0.2) is 18.2 Å². The van der Waals surface area contributed by atoms with E-state index >= 15 is 0 Å². The molecule has 0 saturated carbocycles. The number of nitrogens with zero attached hydrogens (tertiary/aromatic N) is 3. The molecule has 2 aromatic carbocycles. The SMILES string of the molecule is Cc1ccc(S(=O)(=O)Nc2ccccc2-n2ncc(C#N)c2N)c(C)c1. The average Bonchev–Trinajstić information content (AvgIpc) is 2.95. The zero-order chi connectivity index (χ0) is 18.9. The van der Waals surface area contributed by atoms with Gasteiger partial charge in [-0.1, -0.05) is 29.8 Å². The average molecular weight is 367 g/mol. The van der Waals surface area contributed by atoms with E-state index in [1.54, 1.807) is 43.3 Å². The van der Waals surface area contributed by atoms with E-state index in [4.69, 9.17) is 11.0 Å². The number of aromatic nitrogens is 2. The molecule has 0 fully saturated rings. The summed E-state index contributed by atoms with van der Waals surface area (Å²) >= 11 is 0. The summed E-state index contributed by atoms with van der Waals surface area (Å²) in [7, 11) is -3.80. The van der Waals surface area contributed by atoms with E-state index in [0.717, 1.165) is 5.56 Å². The Hall–Kier alpha value is -3.31. The van der Waals surface area contributed by atoms with Crippen LogP contribution in [-0.2, 0) is 10.0 Å². The lowest BCUT2D eigenvalue weighted by Gasteiger charge is -2.15. The Morgan fingerprint density at radius 3 is 2.58 bits per heavy atom. The topological polar surface area (TPSA) is 114 Å². The number of benzene rings is 2. The Bertz CT molecular complexity index is 1130. The number of nitrogens with two attached hydrogens (primary N) is 1. The van der Waals surface area contributed by atoms with Gasteiger partial charge in [-0.3, -0.25) is 4.72 Å². The molecule has 132 valence electrons. The third-order valence-corrected chi connectivity index (χ3v) is 5.45. The monoisotopic (exact) mass is 367 g/mol. The minimum Gasteiger partial charge on any atom is -0.382 e. The maximum Gasteiger partial charge on any atom is 0.262 e. The second-order valence-corrected chi connectivity index (χ2v) is 7.51. The lowest BCUT2D eigenvalue weighted by molar-refractivity contribution is 0.600. The van der Waals surface area contributed by atoms with Crippen molar-refractivity contribution in [2.24, 2.45) is 0 Å². The number of hydrogen-bond acceptors (Lipinski definition) is 5. The number of nitriles is 1. The van der Waals surface area contributed by atoms with Crippen molar-refractivity contribution in [1.29, 1.82) is 5.26 Å². The molecule has 0 aliphatic rings. The Morgan fingerprint density at radius 2 is 1.92 bits per heavy atom. The molecular formula is C18H17N5O2S. The molecule has 0 saturated heterocycles. The van der Waals surface area contributed by atoms with Gasteiger partial charge in [0.25, 0.3) is 10.0 Å². The van der Waals surface area contributed by atoms with Crippen molar-refractivity contribution in [1.82, 2.24) is 9.78 Å². The van der Waals surface area contributed by atoms with E-state index in [9.17, 15) is 8.42 Å². The van der Waals surface area contributed by atoms with E-state index < -0.39 is 10.0 Å². The fraction of sp³-hybridized carbons (Fsp3) is 0.111. The van der Waals surface area contributed by atoms with E-state index in [0.29, 0.717) is 16.9 Å². The normalized spacial score (nSPS) is 11.1. The third-order valence-electron chi connectivity index (χ3n) is 3.92. The van der Waals surface area contributed by atoms with Gasteiger partial charge in [-0.05, 0) is 37.6 Å². The molecule has 3 rings (SSSR count). The van der Waals surface area contributed by atoms with Crippen LogP contribution in [0, 0.1) is 25.2 Å². The van der Waals surface area contributed by atoms with Crippen molar-refractivity contribution in [3.8, 4) is 11.8 Å². The number of aryl methyl sites for hydroxylation is 2. The molecule has 0 unspecified atom stereocenters. The highest BCUT2D eigenvalue weighted by Crippen LogP contribution is 2.27. The smallest absolute Gasteiger partial charge is 0.262 e. The van der Waals surface area contributed by atoms with Gasteiger partial charge in [-0.2, -0.15) is 10.4 Å². The van der Waals surface area contributed by atoms with Crippen molar-refractivity contribution in [2.45, 2.75) is 18.7 Å². The Balaban J connectivity index is 2.06. The summed E-state index contributed by atoms with van der Waals surface area (Å²) in [5.74, 6) is 0.144. The Morgan fingerprint density at radius 1 is 1.19 bits per heavy atom. The van der Waals surface area contributed by atoms with Crippen LogP contribution in [0.5, 0.6) is 0 Å². The van der Waals surface area contributed by atoms with Crippen molar-refractivity contribution >= 4 is 21.5 Å². The standard InChI is InChI=1S/C18H17N5O2S/c1-12-7-8-17(13(2)9-12)26(24,25)22-15-5-3-4-6-16(15)23-18(20)14(10-19)11-21-23/h3-9,11,22H,20H2,1-2H3. The third kappa shape index (κ3) is 3.12. The molecule has 3 N–H and O–H groups in total. The molecule has 0 atom stereocenters. The molecule has 0 amide bonds. The second-order valence-electron chi connectivity index (χ2n) is 5.86. The van der Waals surface area contributed by atoms with Crippen molar-refractivity contribution in [3.63, 3.8) is 0 Å². The molecule has 7 nitrogen and oxygen atoms in total. The van der Waals surface area contributed by atoms with E-state index in [1.807, 2.05) is 19.1 Å². The van der Waals surface area contributed by atoms with Crippen LogP contribution in [0.15, 0.2) is 53.6 Å². The zero-order valence-corrected chi connectivity index (χ0v) is 15.1. The van der Waals surface area contributed by atoms with Gasteiger partial charge in [0.05, 0.1) is 22.5 Å². The molecule has 8 heteroatoms. The highest BCUT2D eigenvalue weighted by atomic mass is 32.2. The van der Waals surface area contributed by atoms with E-state index in [2.05, 4.69) is 9.82 Å². The lowest BCUT2D eigenvalue weighted by Crippen LogP contribution is -2.16. The highest BCUT2D eigenvalue weighted by molar-refractivity contribution is 7.92. The van der Waals surface area contributed by atoms with Gasteiger partial charge in [-0.25, -0.2) is 13.1 Å². The number of anilines is 2. The van der Waals surface area contributed by atoms with Crippen LogP contribution in [0.2, 0.25) is 0 Å². The van der Waals surface area contributed by atoms with Crippen LogP contribution < -0.4 is 10.5 Å². The fourth-order valence-corrected chi connectivity index (χ4v) is 3.98. The number of sulfonamides is 1. The van der Waals surface area contributed by atoms with Crippen molar-refractivity contribution < 1.29 is 8.42 Å². The summed E-state index contributed by atoms with van der Waals surface area (Å²) in [4.78, 5) is 0.198. The number of hydrogen-bond donors (Lipinski definition) is 2. The summed E-state index contributed by atoms with van der Waals surface area (Å²) in [6.45, 7) is 3.65. The van der Waals surface area contributed by atoms with Gasteiger partial charge >= 0.3 is 0 Å². The number of nitrogen functional groups attached to an aromatic ring is 1. The first-order valence-corrected chi connectivity index (χ1v) is 9.25. The van der Waals surface area contributed by atoms with Crippen LogP contribution in [0.3, 0.4) is 0 Å². The van der Waals surface area contributed by atoms with Gasteiger partial charge in [0.15, 0.2) is 0 Å². The summed E-state index contributed by atoms with van der Waals surface area (Å²) in [5.41, 5.74) is 8.53. The Kier molecular flexibility index (Phi) is 4.40. The predicted octanol–water partition coefficient (Wildman–Crippen LogP) is 2.74. The molecule has 0 radical (unpaired) electrons. The van der Waals surface area contributed by atoms with Gasteiger partial charge < -0.3 is 5.73 Å². The highest BCUT2D eigenvalue weighted by Gasteiger charge is 2.20. The first-order chi connectivity index (χ1) is 12.3.